The molecule has 1 aromatic heterocycles. The van der Waals surface area contributed by atoms with Crippen molar-refractivity contribution in [1.29, 1.82) is 0 Å². The van der Waals surface area contributed by atoms with Gasteiger partial charge in [0, 0.05) is 16.8 Å². The molecule has 0 saturated carbocycles. The Bertz CT molecular complexity index is 604. The molecule has 2 rings (SSSR count). The summed E-state index contributed by atoms with van der Waals surface area (Å²) >= 11 is 5.89. The lowest BCUT2D eigenvalue weighted by Crippen LogP contribution is -2.14. The highest BCUT2D eigenvalue weighted by Crippen LogP contribution is 2.26. The molecular formula is C15H16ClFN2O. The van der Waals surface area contributed by atoms with Gasteiger partial charge in [0.25, 0.3) is 0 Å². The fourth-order valence-corrected chi connectivity index (χ4v) is 2.06. The first-order valence-corrected chi connectivity index (χ1v) is 6.67. The van der Waals surface area contributed by atoms with Gasteiger partial charge in [-0.1, -0.05) is 11.6 Å². The molecule has 0 saturated heterocycles. The average Bonchev–Trinajstić information content (AvgIpc) is 2.40. The molecule has 1 aromatic carbocycles. The van der Waals surface area contributed by atoms with E-state index < -0.39 is 11.9 Å². The normalized spacial score (nSPS) is 12.5. The summed E-state index contributed by atoms with van der Waals surface area (Å²) in [5.74, 6) is 0.215. The molecule has 0 fully saturated rings. The van der Waals surface area contributed by atoms with Crippen molar-refractivity contribution in [2.45, 2.75) is 26.0 Å². The first-order chi connectivity index (χ1) is 9.47. The summed E-state index contributed by atoms with van der Waals surface area (Å²) in [6.45, 7) is 3.84. The maximum absolute atomic E-state index is 13.8. The van der Waals surface area contributed by atoms with Crippen molar-refractivity contribution < 1.29 is 9.13 Å². The molecule has 0 radical (unpaired) electrons. The van der Waals surface area contributed by atoms with E-state index >= 15 is 0 Å². The lowest BCUT2D eigenvalue weighted by atomic mass is 10.0. The van der Waals surface area contributed by atoms with Crippen LogP contribution in [0.5, 0.6) is 5.75 Å². The highest BCUT2D eigenvalue weighted by Gasteiger charge is 2.15. The molecule has 0 amide bonds. The number of halogens is 2. The summed E-state index contributed by atoms with van der Waals surface area (Å²) < 4.78 is 19.4. The van der Waals surface area contributed by atoms with Crippen LogP contribution in [0.15, 0.2) is 36.7 Å². The van der Waals surface area contributed by atoms with Gasteiger partial charge in [-0.2, -0.15) is 0 Å². The number of aromatic nitrogens is 1. The van der Waals surface area contributed by atoms with Crippen LogP contribution in [0, 0.1) is 5.82 Å². The highest BCUT2D eigenvalue weighted by molar-refractivity contribution is 6.30. The number of ether oxygens (including phenoxy) is 1. The Labute approximate surface area is 122 Å². The Morgan fingerprint density at radius 2 is 2.00 bits per heavy atom. The quantitative estimate of drug-likeness (QED) is 0.935. The van der Waals surface area contributed by atoms with Gasteiger partial charge >= 0.3 is 0 Å². The van der Waals surface area contributed by atoms with Gasteiger partial charge in [0.15, 0.2) is 0 Å². The molecule has 0 spiro atoms. The largest absolute Gasteiger partial charge is 0.489 e. The second-order valence-corrected chi connectivity index (χ2v) is 5.20. The van der Waals surface area contributed by atoms with Crippen molar-refractivity contribution in [3.8, 4) is 5.75 Å². The predicted octanol–water partition coefficient (Wildman–Crippen LogP) is 3.71. The van der Waals surface area contributed by atoms with Gasteiger partial charge < -0.3 is 10.5 Å². The summed E-state index contributed by atoms with van der Waals surface area (Å²) in [6.07, 6.45) is 3.23. The zero-order valence-electron chi connectivity index (χ0n) is 11.3. The van der Waals surface area contributed by atoms with E-state index in [-0.39, 0.29) is 6.10 Å². The van der Waals surface area contributed by atoms with Crippen molar-refractivity contribution in [1.82, 2.24) is 4.98 Å². The van der Waals surface area contributed by atoms with E-state index in [0.717, 1.165) is 0 Å². The molecule has 0 aliphatic heterocycles. The molecule has 20 heavy (non-hydrogen) atoms. The van der Waals surface area contributed by atoms with Gasteiger partial charge in [-0.15, -0.1) is 0 Å². The van der Waals surface area contributed by atoms with E-state index in [1.165, 1.54) is 18.2 Å². The van der Waals surface area contributed by atoms with Crippen LogP contribution in [0.1, 0.15) is 31.0 Å². The monoisotopic (exact) mass is 294 g/mol. The van der Waals surface area contributed by atoms with E-state index in [1.807, 2.05) is 13.8 Å². The van der Waals surface area contributed by atoms with E-state index in [1.54, 1.807) is 18.5 Å². The second kappa shape index (κ2) is 6.20. The number of nitrogens with zero attached hydrogens (tertiary/aromatic N) is 1. The van der Waals surface area contributed by atoms with Crippen LogP contribution in [0.25, 0.3) is 0 Å². The van der Waals surface area contributed by atoms with Gasteiger partial charge in [0.1, 0.15) is 11.6 Å². The maximum atomic E-state index is 13.8. The van der Waals surface area contributed by atoms with Crippen molar-refractivity contribution in [3.63, 3.8) is 0 Å². The van der Waals surface area contributed by atoms with Crippen LogP contribution in [-0.2, 0) is 0 Å². The smallest absolute Gasteiger partial charge is 0.138 e. The minimum Gasteiger partial charge on any atom is -0.489 e. The van der Waals surface area contributed by atoms with Gasteiger partial charge in [0.05, 0.1) is 18.3 Å². The fourth-order valence-electron chi connectivity index (χ4n) is 1.87. The topological polar surface area (TPSA) is 48.1 Å². The molecule has 2 N–H and O–H groups in total. The Morgan fingerprint density at radius 3 is 2.70 bits per heavy atom. The van der Waals surface area contributed by atoms with Crippen molar-refractivity contribution in [2.24, 2.45) is 5.73 Å². The van der Waals surface area contributed by atoms with Crippen LogP contribution in [0.3, 0.4) is 0 Å². The summed E-state index contributed by atoms with van der Waals surface area (Å²) in [4.78, 5) is 4.08. The molecule has 3 nitrogen and oxygen atoms in total. The number of hydrogen-bond donors (Lipinski definition) is 1. The molecule has 0 bridgehead atoms. The first-order valence-electron chi connectivity index (χ1n) is 6.29. The lowest BCUT2D eigenvalue weighted by molar-refractivity contribution is 0.241. The molecule has 1 atom stereocenters. The highest BCUT2D eigenvalue weighted by atomic mass is 35.5. The number of rotatable bonds is 4. The van der Waals surface area contributed by atoms with Crippen LogP contribution in [-0.4, -0.2) is 11.1 Å². The Balaban J connectivity index is 2.33. The number of hydrogen-bond acceptors (Lipinski definition) is 3. The molecule has 5 heteroatoms. The van der Waals surface area contributed by atoms with Crippen molar-refractivity contribution in [2.75, 3.05) is 0 Å². The van der Waals surface area contributed by atoms with Crippen LogP contribution in [0.4, 0.5) is 4.39 Å². The van der Waals surface area contributed by atoms with Crippen molar-refractivity contribution >= 4 is 11.6 Å². The summed E-state index contributed by atoms with van der Waals surface area (Å²) in [5.41, 5.74) is 7.10. The SMILES string of the molecule is CC(C)Oc1cncc(C(N)c2cc(Cl)ccc2F)c1. The fraction of sp³-hybridized carbons (Fsp3) is 0.267. The molecule has 106 valence electrons. The molecule has 1 unspecified atom stereocenters. The van der Waals surface area contributed by atoms with Gasteiger partial charge in [0.2, 0.25) is 0 Å². The molecule has 2 aromatic rings. The predicted molar refractivity (Wildman–Crippen MR) is 77.4 cm³/mol. The minimum atomic E-state index is -0.642. The molecular weight excluding hydrogens is 279 g/mol. The van der Waals surface area contributed by atoms with Gasteiger partial charge in [-0.25, -0.2) is 4.39 Å². The molecule has 0 aliphatic carbocycles. The Kier molecular flexibility index (Phi) is 4.57. The third kappa shape index (κ3) is 3.46. The number of nitrogens with two attached hydrogens (primary N) is 1. The maximum Gasteiger partial charge on any atom is 0.138 e. The second-order valence-electron chi connectivity index (χ2n) is 4.76. The average molecular weight is 295 g/mol. The van der Waals surface area contributed by atoms with Crippen LogP contribution < -0.4 is 10.5 Å². The van der Waals surface area contributed by atoms with Gasteiger partial charge in [-0.3, -0.25) is 4.98 Å². The van der Waals surface area contributed by atoms with Crippen molar-refractivity contribution in [3.05, 3.63) is 58.6 Å². The summed E-state index contributed by atoms with van der Waals surface area (Å²) in [7, 11) is 0. The molecule has 1 heterocycles. The standard InChI is InChI=1S/C15H16ClFN2O/c1-9(2)20-12-5-10(7-19-8-12)15(18)13-6-11(16)3-4-14(13)17/h3-9,15H,18H2,1-2H3. The number of pyridine rings is 1. The minimum absolute atomic E-state index is 0.0335. The first kappa shape index (κ1) is 14.8. The van der Waals surface area contributed by atoms with Crippen LogP contribution in [0.2, 0.25) is 5.02 Å². The van der Waals surface area contributed by atoms with E-state index in [9.17, 15) is 4.39 Å². The third-order valence-electron chi connectivity index (χ3n) is 2.76. The third-order valence-corrected chi connectivity index (χ3v) is 2.99. The lowest BCUT2D eigenvalue weighted by Gasteiger charge is -2.15. The van der Waals surface area contributed by atoms with E-state index in [0.29, 0.717) is 21.9 Å². The van der Waals surface area contributed by atoms with E-state index in [4.69, 9.17) is 22.1 Å². The number of benzene rings is 1. The Hall–Kier alpha value is -1.65. The molecule has 0 aliphatic rings. The zero-order valence-corrected chi connectivity index (χ0v) is 12.1. The summed E-state index contributed by atoms with van der Waals surface area (Å²) in [6, 6.07) is 5.44. The van der Waals surface area contributed by atoms with Gasteiger partial charge in [-0.05, 0) is 43.7 Å². The Morgan fingerprint density at radius 1 is 1.25 bits per heavy atom. The van der Waals surface area contributed by atoms with Crippen LogP contribution >= 0.6 is 11.6 Å². The summed E-state index contributed by atoms with van der Waals surface area (Å²) in [5, 5.41) is 0.444. The zero-order chi connectivity index (χ0) is 14.7. The van der Waals surface area contributed by atoms with E-state index in [2.05, 4.69) is 4.98 Å².